The number of aryl methyl sites for hydroxylation is 1. The monoisotopic (exact) mass is 265 g/mol. The van der Waals surface area contributed by atoms with E-state index in [-0.39, 0.29) is 0 Å². The summed E-state index contributed by atoms with van der Waals surface area (Å²) < 4.78 is 10.3. The Labute approximate surface area is 110 Å². The number of methoxy groups -OCH3 is 2. The topological polar surface area (TPSA) is 57.1 Å². The molecule has 2 heterocycles. The van der Waals surface area contributed by atoms with Gasteiger partial charge in [0.1, 0.15) is 10.8 Å². The van der Waals surface area contributed by atoms with Crippen LogP contribution in [0.2, 0.25) is 0 Å². The van der Waals surface area contributed by atoms with E-state index in [2.05, 4.69) is 15.0 Å². The van der Waals surface area contributed by atoms with Crippen LogP contribution in [0.1, 0.15) is 28.5 Å². The smallest absolute Gasteiger partial charge is 0.200 e. The van der Waals surface area contributed by atoms with Gasteiger partial charge < -0.3 is 9.47 Å². The third kappa shape index (κ3) is 3.10. The number of thiazole rings is 1. The fourth-order valence-electron chi connectivity index (χ4n) is 1.59. The molecule has 96 valence electrons. The number of ether oxygens (including phenoxy) is 2. The molecule has 0 saturated carbocycles. The van der Waals surface area contributed by atoms with Crippen LogP contribution in [0, 0.1) is 6.92 Å². The zero-order chi connectivity index (χ0) is 13.0. The van der Waals surface area contributed by atoms with Gasteiger partial charge in [-0.3, -0.25) is 0 Å². The fourth-order valence-corrected chi connectivity index (χ4v) is 2.36. The molecule has 0 aromatic carbocycles. The van der Waals surface area contributed by atoms with Gasteiger partial charge in [-0.15, -0.1) is 11.3 Å². The summed E-state index contributed by atoms with van der Waals surface area (Å²) in [6, 6.07) is 1.79. The van der Waals surface area contributed by atoms with Crippen LogP contribution >= 0.6 is 11.3 Å². The number of rotatable bonds is 5. The van der Waals surface area contributed by atoms with Crippen molar-refractivity contribution in [2.75, 3.05) is 14.2 Å². The van der Waals surface area contributed by atoms with Gasteiger partial charge in [0.05, 0.1) is 12.1 Å². The van der Waals surface area contributed by atoms with Crippen LogP contribution in [0.5, 0.6) is 0 Å². The maximum atomic E-state index is 5.17. The average Bonchev–Trinajstić information content (AvgIpc) is 2.77. The van der Waals surface area contributed by atoms with Crippen LogP contribution in [0.15, 0.2) is 17.6 Å². The summed E-state index contributed by atoms with van der Waals surface area (Å²) in [5, 5.41) is 3.03. The van der Waals surface area contributed by atoms with Gasteiger partial charge in [-0.2, -0.15) is 0 Å². The summed E-state index contributed by atoms with van der Waals surface area (Å²) in [5.74, 6) is 0.723. The lowest BCUT2D eigenvalue weighted by atomic mass is 10.3. The van der Waals surface area contributed by atoms with Crippen molar-refractivity contribution in [2.45, 2.75) is 19.6 Å². The molecule has 0 unspecified atom stereocenters. The number of hydrogen-bond donors (Lipinski definition) is 0. The molecule has 2 aromatic heterocycles. The molecule has 0 aliphatic heterocycles. The van der Waals surface area contributed by atoms with Gasteiger partial charge in [0.25, 0.3) is 0 Å². The van der Waals surface area contributed by atoms with Gasteiger partial charge in [0, 0.05) is 31.5 Å². The Bertz CT molecular complexity index is 512. The molecule has 0 spiro atoms. The first-order valence-electron chi connectivity index (χ1n) is 5.51. The zero-order valence-corrected chi connectivity index (χ0v) is 11.4. The summed E-state index contributed by atoms with van der Waals surface area (Å²) in [5.41, 5.74) is 1.75. The van der Waals surface area contributed by atoms with Crippen molar-refractivity contribution in [2.24, 2.45) is 0 Å². The van der Waals surface area contributed by atoms with E-state index in [1.165, 1.54) is 0 Å². The molecule has 0 fully saturated rings. The van der Waals surface area contributed by atoms with Crippen LogP contribution in [0.3, 0.4) is 0 Å². The van der Waals surface area contributed by atoms with Crippen molar-refractivity contribution in [3.63, 3.8) is 0 Å². The van der Waals surface area contributed by atoms with Gasteiger partial charge in [0.2, 0.25) is 6.29 Å². The van der Waals surface area contributed by atoms with E-state index in [9.17, 15) is 0 Å². The molecule has 0 atom stereocenters. The van der Waals surface area contributed by atoms with Crippen molar-refractivity contribution in [3.05, 3.63) is 39.9 Å². The molecule has 0 aliphatic rings. The molecule has 2 rings (SSSR count). The first-order valence-corrected chi connectivity index (χ1v) is 6.39. The highest BCUT2D eigenvalue weighted by Crippen LogP contribution is 2.16. The number of aromatic nitrogens is 3. The Balaban J connectivity index is 2.16. The predicted molar refractivity (Wildman–Crippen MR) is 68.4 cm³/mol. The Morgan fingerprint density at radius 1 is 1.28 bits per heavy atom. The van der Waals surface area contributed by atoms with Crippen molar-refractivity contribution in [1.29, 1.82) is 0 Å². The molecular weight excluding hydrogens is 250 g/mol. The lowest BCUT2D eigenvalue weighted by Crippen LogP contribution is -2.08. The molecule has 6 heteroatoms. The van der Waals surface area contributed by atoms with E-state index in [1.54, 1.807) is 37.8 Å². The number of hydrogen-bond acceptors (Lipinski definition) is 6. The standard InChI is InChI=1S/C12H15N3O2S/c1-8-7-18-11(14-8)6-10-13-5-4-9(15-10)12(16-2)17-3/h4-5,7,12H,6H2,1-3H3. The second kappa shape index (κ2) is 5.99. The molecule has 0 saturated heterocycles. The molecule has 0 radical (unpaired) electrons. The van der Waals surface area contributed by atoms with Gasteiger partial charge in [0.15, 0.2) is 0 Å². The second-order valence-corrected chi connectivity index (χ2v) is 4.70. The van der Waals surface area contributed by atoms with Crippen LogP contribution < -0.4 is 0 Å². The van der Waals surface area contributed by atoms with Gasteiger partial charge in [-0.1, -0.05) is 0 Å². The minimum atomic E-state index is -0.454. The van der Waals surface area contributed by atoms with E-state index >= 15 is 0 Å². The Kier molecular flexibility index (Phi) is 4.35. The van der Waals surface area contributed by atoms with Crippen molar-refractivity contribution < 1.29 is 9.47 Å². The second-order valence-electron chi connectivity index (χ2n) is 3.76. The summed E-state index contributed by atoms with van der Waals surface area (Å²) in [6.45, 7) is 1.98. The van der Waals surface area contributed by atoms with Gasteiger partial charge in [-0.05, 0) is 13.0 Å². The Morgan fingerprint density at radius 2 is 2.06 bits per heavy atom. The third-order valence-corrected chi connectivity index (χ3v) is 3.34. The highest BCUT2D eigenvalue weighted by molar-refractivity contribution is 7.09. The van der Waals surface area contributed by atoms with Crippen LogP contribution in [-0.4, -0.2) is 29.2 Å². The average molecular weight is 265 g/mol. The largest absolute Gasteiger partial charge is 0.350 e. The van der Waals surface area contributed by atoms with Gasteiger partial charge >= 0.3 is 0 Å². The summed E-state index contributed by atoms with van der Waals surface area (Å²) in [6.07, 6.45) is 1.89. The minimum absolute atomic E-state index is 0.454. The van der Waals surface area contributed by atoms with Crippen molar-refractivity contribution in [3.8, 4) is 0 Å². The van der Waals surface area contributed by atoms with Gasteiger partial charge in [-0.25, -0.2) is 15.0 Å². The van der Waals surface area contributed by atoms with E-state index in [0.29, 0.717) is 6.42 Å². The van der Waals surface area contributed by atoms with Crippen molar-refractivity contribution >= 4 is 11.3 Å². The molecule has 0 bridgehead atoms. The Morgan fingerprint density at radius 3 is 2.67 bits per heavy atom. The number of nitrogens with zero attached hydrogens (tertiary/aromatic N) is 3. The molecular formula is C12H15N3O2S. The van der Waals surface area contributed by atoms with E-state index in [4.69, 9.17) is 9.47 Å². The summed E-state index contributed by atoms with van der Waals surface area (Å²) in [7, 11) is 3.17. The minimum Gasteiger partial charge on any atom is -0.350 e. The highest BCUT2D eigenvalue weighted by Gasteiger charge is 2.12. The van der Waals surface area contributed by atoms with Crippen LogP contribution in [0.4, 0.5) is 0 Å². The van der Waals surface area contributed by atoms with Crippen LogP contribution in [0.25, 0.3) is 0 Å². The molecule has 5 nitrogen and oxygen atoms in total. The van der Waals surface area contributed by atoms with E-state index in [1.807, 2.05) is 12.3 Å². The maximum Gasteiger partial charge on any atom is 0.200 e. The van der Waals surface area contributed by atoms with E-state index in [0.717, 1.165) is 22.2 Å². The molecule has 0 N–H and O–H groups in total. The third-order valence-electron chi connectivity index (χ3n) is 2.37. The normalized spacial score (nSPS) is 11.1. The summed E-state index contributed by atoms with van der Waals surface area (Å²) in [4.78, 5) is 13.1. The molecule has 2 aromatic rings. The fraction of sp³-hybridized carbons (Fsp3) is 0.417. The Hall–Kier alpha value is -1.37. The quantitative estimate of drug-likeness (QED) is 0.775. The first-order chi connectivity index (χ1) is 8.72. The molecule has 0 aliphatic carbocycles. The van der Waals surface area contributed by atoms with E-state index < -0.39 is 6.29 Å². The maximum absolute atomic E-state index is 5.17. The first kappa shape index (κ1) is 13.1. The predicted octanol–water partition coefficient (Wildman–Crippen LogP) is 2.12. The highest BCUT2D eigenvalue weighted by atomic mass is 32.1. The van der Waals surface area contributed by atoms with Crippen molar-refractivity contribution in [1.82, 2.24) is 15.0 Å². The molecule has 0 amide bonds. The molecule has 18 heavy (non-hydrogen) atoms. The lowest BCUT2D eigenvalue weighted by molar-refractivity contribution is -0.108. The summed E-state index contributed by atoms with van der Waals surface area (Å²) >= 11 is 1.62. The van der Waals surface area contributed by atoms with Crippen LogP contribution in [-0.2, 0) is 15.9 Å². The zero-order valence-electron chi connectivity index (χ0n) is 10.6. The SMILES string of the molecule is COC(OC)c1ccnc(Cc2nc(C)cs2)n1. The lowest BCUT2D eigenvalue weighted by Gasteiger charge is -2.12.